The van der Waals surface area contributed by atoms with Crippen molar-refractivity contribution >= 4 is 13.7 Å². The van der Waals surface area contributed by atoms with E-state index in [-0.39, 0.29) is 19.1 Å². The molecule has 9 heteroatoms. The number of aliphatic hydroxyl groups is 1. The molecule has 2 N–H and O–H groups in total. The molecule has 0 aromatic rings. The van der Waals surface area contributed by atoms with Gasteiger partial charge in [-0.2, -0.15) is 0 Å². The van der Waals surface area contributed by atoms with E-state index in [0.717, 1.165) is 64.2 Å². The summed E-state index contributed by atoms with van der Waals surface area (Å²) in [4.78, 5) is 25.3. The van der Waals surface area contributed by atoms with E-state index in [2.05, 4.69) is 67.8 Å². The molecule has 0 fully saturated rings. The fourth-order valence-electron chi connectivity index (χ4n) is 6.67. The first-order valence-electron chi connectivity index (χ1n) is 24.2. The van der Waals surface area contributed by atoms with Crippen LogP contribution in [0.3, 0.4) is 0 Å². The third-order valence-electron chi connectivity index (χ3n) is 10.5. The number of nitrogens with zero attached hydrogens (tertiary/aromatic N) is 1. The lowest BCUT2D eigenvalue weighted by Crippen LogP contribution is -2.45. The summed E-state index contributed by atoms with van der Waals surface area (Å²) in [5, 5.41) is 13.7. The number of phosphoric ester groups is 1. The fourth-order valence-corrected chi connectivity index (χ4v) is 7.40. The quantitative estimate of drug-likeness (QED) is 0.0274. The average molecular weight is 849 g/mol. The molecule has 0 aromatic heterocycles. The Labute approximate surface area is 364 Å². The number of hydrogen-bond donors (Lipinski definition) is 2. The molecule has 3 unspecified atom stereocenters. The molecule has 0 aliphatic heterocycles. The van der Waals surface area contributed by atoms with Crippen LogP contribution >= 0.6 is 7.82 Å². The van der Waals surface area contributed by atoms with Crippen LogP contribution in [-0.4, -0.2) is 68.5 Å². The zero-order valence-electron chi connectivity index (χ0n) is 38.9. The molecule has 0 aliphatic rings. The maximum atomic E-state index is 12.9. The van der Waals surface area contributed by atoms with E-state index >= 15 is 0 Å². The number of carbonyl (C=O) groups excluding carboxylic acids is 1. The van der Waals surface area contributed by atoms with E-state index in [0.29, 0.717) is 17.4 Å². The van der Waals surface area contributed by atoms with Crippen molar-refractivity contribution in [3.63, 3.8) is 0 Å². The van der Waals surface area contributed by atoms with Crippen LogP contribution in [0.4, 0.5) is 0 Å². The van der Waals surface area contributed by atoms with Crippen molar-refractivity contribution < 1.29 is 32.9 Å². The van der Waals surface area contributed by atoms with Gasteiger partial charge in [-0.15, -0.1) is 0 Å². The summed E-state index contributed by atoms with van der Waals surface area (Å²) >= 11 is 0. The maximum absolute atomic E-state index is 12.9. The van der Waals surface area contributed by atoms with Crippen LogP contribution in [0.25, 0.3) is 0 Å². The van der Waals surface area contributed by atoms with E-state index < -0.39 is 20.0 Å². The molecule has 344 valence electrons. The van der Waals surface area contributed by atoms with Crippen molar-refractivity contribution in [3.05, 3.63) is 60.8 Å². The molecule has 0 radical (unpaired) electrons. The number of nitrogens with one attached hydrogen (secondary N) is 1. The predicted octanol–water partition coefficient (Wildman–Crippen LogP) is 13.2. The van der Waals surface area contributed by atoms with Gasteiger partial charge in [-0.3, -0.25) is 9.36 Å². The maximum Gasteiger partial charge on any atom is 0.268 e. The fraction of sp³-hybridized carbons (Fsp3) is 0.780. The number of unbranched alkanes of at least 4 members (excludes halogenated alkanes) is 22. The van der Waals surface area contributed by atoms with Crippen LogP contribution in [0.15, 0.2) is 60.8 Å². The molecule has 0 aliphatic carbocycles. The van der Waals surface area contributed by atoms with Gasteiger partial charge in [0.2, 0.25) is 5.91 Å². The van der Waals surface area contributed by atoms with Gasteiger partial charge >= 0.3 is 0 Å². The van der Waals surface area contributed by atoms with E-state index in [1.807, 2.05) is 27.2 Å². The smallest absolute Gasteiger partial charge is 0.268 e. The largest absolute Gasteiger partial charge is 0.756 e. The summed E-state index contributed by atoms with van der Waals surface area (Å²) in [6.45, 7) is 4.50. The highest BCUT2D eigenvalue weighted by molar-refractivity contribution is 7.45. The second kappa shape index (κ2) is 41.5. The first kappa shape index (κ1) is 57.2. The average Bonchev–Trinajstić information content (AvgIpc) is 3.19. The van der Waals surface area contributed by atoms with Gasteiger partial charge in [-0.1, -0.05) is 197 Å². The summed E-state index contributed by atoms with van der Waals surface area (Å²) in [7, 11) is 1.25. The van der Waals surface area contributed by atoms with Crippen molar-refractivity contribution in [1.82, 2.24) is 5.32 Å². The normalized spacial score (nSPS) is 14.8. The van der Waals surface area contributed by atoms with Crippen molar-refractivity contribution in [2.75, 3.05) is 40.9 Å². The van der Waals surface area contributed by atoms with Gasteiger partial charge in [0.25, 0.3) is 7.82 Å². The number of quaternary nitrogens is 1. The molecule has 0 rings (SSSR count). The Morgan fingerprint density at radius 1 is 0.610 bits per heavy atom. The molecule has 8 nitrogen and oxygen atoms in total. The summed E-state index contributed by atoms with van der Waals surface area (Å²) < 4.78 is 23.2. The van der Waals surface area contributed by atoms with Crippen molar-refractivity contribution in [3.8, 4) is 0 Å². The van der Waals surface area contributed by atoms with Crippen molar-refractivity contribution in [2.24, 2.45) is 0 Å². The first-order chi connectivity index (χ1) is 28.5. The Bertz CT molecular complexity index is 1140. The first-order valence-corrected chi connectivity index (χ1v) is 25.6. The van der Waals surface area contributed by atoms with Gasteiger partial charge in [0.05, 0.1) is 39.9 Å². The molecular formula is C50H93N2O6P. The highest BCUT2D eigenvalue weighted by Crippen LogP contribution is 2.38. The van der Waals surface area contributed by atoms with Crippen molar-refractivity contribution in [1.29, 1.82) is 0 Å². The van der Waals surface area contributed by atoms with Gasteiger partial charge in [-0.05, 0) is 57.8 Å². The third kappa shape index (κ3) is 44.1. The molecule has 59 heavy (non-hydrogen) atoms. The molecule has 0 saturated carbocycles. The van der Waals surface area contributed by atoms with E-state index in [1.165, 1.54) is 116 Å². The lowest BCUT2D eigenvalue weighted by molar-refractivity contribution is -0.870. The van der Waals surface area contributed by atoms with E-state index in [9.17, 15) is 19.4 Å². The van der Waals surface area contributed by atoms with Gasteiger partial charge < -0.3 is 28.8 Å². The van der Waals surface area contributed by atoms with Crippen LogP contribution in [-0.2, 0) is 18.4 Å². The third-order valence-corrected chi connectivity index (χ3v) is 11.4. The highest BCUT2D eigenvalue weighted by Gasteiger charge is 2.23. The molecule has 3 atom stereocenters. The number of rotatable bonds is 43. The Hall–Kier alpha value is -1.80. The number of allylic oxidation sites excluding steroid dienone is 9. The van der Waals surface area contributed by atoms with Crippen LogP contribution in [0.1, 0.15) is 200 Å². The molecule has 0 bridgehead atoms. The minimum absolute atomic E-state index is 0.00264. The second-order valence-corrected chi connectivity index (χ2v) is 18.8. The Morgan fingerprint density at radius 2 is 1.03 bits per heavy atom. The Balaban J connectivity index is 4.14. The number of likely N-dealkylation sites (N-methyl/N-ethyl adjacent to an activating group) is 1. The molecule has 0 heterocycles. The van der Waals surface area contributed by atoms with Crippen LogP contribution in [0.2, 0.25) is 0 Å². The van der Waals surface area contributed by atoms with Gasteiger partial charge in [0, 0.05) is 6.42 Å². The van der Waals surface area contributed by atoms with Gasteiger partial charge in [0.1, 0.15) is 13.2 Å². The zero-order chi connectivity index (χ0) is 43.6. The molecule has 0 spiro atoms. The molecule has 0 aromatic carbocycles. The van der Waals surface area contributed by atoms with E-state index in [1.54, 1.807) is 6.08 Å². The summed E-state index contributed by atoms with van der Waals surface area (Å²) in [5.74, 6) is -0.202. The Morgan fingerprint density at radius 3 is 1.51 bits per heavy atom. The van der Waals surface area contributed by atoms with E-state index in [4.69, 9.17) is 9.05 Å². The van der Waals surface area contributed by atoms with Gasteiger partial charge in [-0.25, -0.2) is 0 Å². The minimum Gasteiger partial charge on any atom is -0.756 e. The lowest BCUT2D eigenvalue weighted by atomic mass is 10.0. The minimum atomic E-state index is -4.59. The lowest BCUT2D eigenvalue weighted by Gasteiger charge is -2.29. The van der Waals surface area contributed by atoms with Gasteiger partial charge in [0.15, 0.2) is 0 Å². The predicted molar refractivity (Wildman–Crippen MR) is 251 cm³/mol. The second-order valence-electron chi connectivity index (χ2n) is 17.4. The SMILES string of the molecule is CC/C=C\C/C=C\C/C=C\C/C=C\CCCCCCCCCCCCCCCCC(=O)NC(COP(=O)([O-])OCC[N+](C)(C)C)C(O)/C=C/CCCCCCCCCC. The highest BCUT2D eigenvalue weighted by atomic mass is 31.2. The monoisotopic (exact) mass is 849 g/mol. The molecule has 1 amide bonds. The Kier molecular flexibility index (Phi) is 40.3. The van der Waals surface area contributed by atoms with Crippen LogP contribution in [0, 0.1) is 0 Å². The van der Waals surface area contributed by atoms with Crippen LogP contribution in [0.5, 0.6) is 0 Å². The topological polar surface area (TPSA) is 108 Å². The van der Waals surface area contributed by atoms with Crippen LogP contribution < -0.4 is 10.2 Å². The number of phosphoric acid groups is 1. The summed E-state index contributed by atoms with van der Waals surface area (Å²) in [6, 6.07) is -0.886. The standard InChI is InChI=1S/C50H93N2O6P/c1-6-8-10-12-14-16-18-19-20-21-22-23-24-25-26-27-28-29-30-31-32-33-34-36-38-40-42-44-50(54)51-48(47-58-59(55,56)57-46-45-52(3,4)5)49(53)43-41-39-37-35-17-15-13-11-9-7-2/h8,10,14,16,19-20,22-23,41,43,48-49,53H,6-7,9,11-13,15,17-18,21,24-40,42,44-47H2,1-5H3,(H-,51,54,55,56)/b10-8-,16-14-,20-19-,23-22-,43-41+. The molecule has 0 saturated heterocycles. The number of amides is 1. The number of aliphatic hydroxyl groups excluding tert-OH is 1. The number of carbonyl (C=O) groups is 1. The molecular weight excluding hydrogens is 756 g/mol. The summed E-state index contributed by atoms with van der Waals surface area (Å²) in [6.07, 6.45) is 54.3. The zero-order valence-corrected chi connectivity index (χ0v) is 39.8. The summed E-state index contributed by atoms with van der Waals surface area (Å²) in [5.41, 5.74) is 0. The number of hydrogen-bond acceptors (Lipinski definition) is 6. The van der Waals surface area contributed by atoms with Crippen molar-refractivity contribution in [2.45, 2.75) is 212 Å².